The van der Waals surface area contributed by atoms with E-state index in [4.69, 9.17) is 15.9 Å². The van der Waals surface area contributed by atoms with E-state index in [0.717, 1.165) is 0 Å². The summed E-state index contributed by atoms with van der Waals surface area (Å²) in [5.74, 6) is -7.59. The minimum atomic E-state index is -1.60. The Kier molecular flexibility index (Phi) is 4.11. The summed E-state index contributed by atoms with van der Waals surface area (Å²) in [6, 6.07) is 6.25. The number of amidine groups is 1. The van der Waals surface area contributed by atoms with E-state index >= 15 is 0 Å². The molecule has 110 valence electrons. The predicted octanol–water partition coefficient (Wildman–Crippen LogP) is 3.11. The summed E-state index contributed by atoms with van der Waals surface area (Å²) in [6.45, 7) is -0.335. The zero-order valence-electron chi connectivity index (χ0n) is 10.6. The molecule has 0 aliphatic carbocycles. The van der Waals surface area contributed by atoms with Gasteiger partial charge in [-0.3, -0.25) is 5.41 Å². The van der Waals surface area contributed by atoms with Crippen LogP contribution in [0.4, 0.5) is 17.6 Å². The standard InChI is InChI=1S/C14H10F4N2O/c15-9-5-10(16)12(18)13(11(9)17)21-6-7-2-1-3-8(4-7)14(19)20/h1-5H,6H2,(H3,19,20). The van der Waals surface area contributed by atoms with Gasteiger partial charge in [0.25, 0.3) is 0 Å². The van der Waals surface area contributed by atoms with Gasteiger partial charge in [-0.05, 0) is 11.6 Å². The molecule has 0 saturated heterocycles. The summed E-state index contributed by atoms with van der Waals surface area (Å²) >= 11 is 0. The zero-order valence-corrected chi connectivity index (χ0v) is 10.6. The summed E-state index contributed by atoms with van der Waals surface area (Å²) in [5, 5.41) is 7.27. The normalized spacial score (nSPS) is 10.5. The average Bonchev–Trinajstić information content (AvgIpc) is 2.45. The van der Waals surface area contributed by atoms with Crippen LogP contribution in [0.3, 0.4) is 0 Å². The van der Waals surface area contributed by atoms with Gasteiger partial charge < -0.3 is 10.5 Å². The average molecular weight is 298 g/mol. The molecule has 2 rings (SSSR count). The van der Waals surface area contributed by atoms with Gasteiger partial charge in [0.1, 0.15) is 12.4 Å². The third-order valence-electron chi connectivity index (χ3n) is 2.69. The van der Waals surface area contributed by atoms with E-state index in [9.17, 15) is 17.6 Å². The number of benzene rings is 2. The molecule has 3 nitrogen and oxygen atoms in total. The number of hydrogen-bond donors (Lipinski definition) is 2. The minimum Gasteiger partial charge on any atom is -0.483 e. The molecule has 0 aliphatic heterocycles. The quantitative estimate of drug-likeness (QED) is 0.394. The molecule has 0 amide bonds. The first-order valence-corrected chi connectivity index (χ1v) is 5.79. The summed E-state index contributed by atoms with van der Waals surface area (Å²) in [5.41, 5.74) is 6.13. The molecule has 0 aliphatic rings. The predicted molar refractivity (Wildman–Crippen MR) is 68.1 cm³/mol. The Hall–Kier alpha value is -2.57. The molecule has 3 N–H and O–H groups in total. The number of nitrogens with two attached hydrogens (primary N) is 1. The van der Waals surface area contributed by atoms with Crippen molar-refractivity contribution >= 4 is 5.84 Å². The fourth-order valence-electron chi connectivity index (χ4n) is 1.66. The summed E-state index contributed by atoms with van der Waals surface area (Å²) < 4.78 is 57.6. The number of ether oxygens (including phenoxy) is 1. The lowest BCUT2D eigenvalue weighted by Gasteiger charge is -2.10. The lowest BCUT2D eigenvalue weighted by atomic mass is 10.1. The number of halogens is 4. The van der Waals surface area contributed by atoms with Crippen LogP contribution in [0.1, 0.15) is 11.1 Å². The topological polar surface area (TPSA) is 59.1 Å². The van der Waals surface area contributed by atoms with Crippen LogP contribution in [0, 0.1) is 28.7 Å². The van der Waals surface area contributed by atoms with Crippen LogP contribution in [-0.2, 0) is 6.61 Å². The third kappa shape index (κ3) is 3.13. The number of nitrogens with one attached hydrogen (secondary N) is 1. The Morgan fingerprint density at radius 1 is 1.05 bits per heavy atom. The van der Waals surface area contributed by atoms with E-state index in [1.165, 1.54) is 6.07 Å². The molecule has 0 heterocycles. The van der Waals surface area contributed by atoms with E-state index in [1.807, 2.05) is 0 Å². The fraction of sp³-hybridized carbons (Fsp3) is 0.0714. The first kappa shape index (κ1) is 14.8. The highest BCUT2D eigenvalue weighted by Gasteiger charge is 2.20. The number of hydrogen-bond acceptors (Lipinski definition) is 2. The van der Waals surface area contributed by atoms with Gasteiger partial charge in [0.15, 0.2) is 17.4 Å². The second-order valence-corrected chi connectivity index (χ2v) is 4.20. The van der Waals surface area contributed by atoms with E-state index in [-0.39, 0.29) is 18.5 Å². The maximum atomic E-state index is 13.4. The van der Waals surface area contributed by atoms with Crippen molar-refractivity contribution in [2.45, 2.75) is 6.61 Å². The molecule has 7 heteroatoms. The molecular weight excluding hydrogens is 288 g/mol. The van der Waals surface area contributed by atoms with Crippen molar-refractivity contribution in [3.63, 3.8) is 0 Å². The monoisotopic (exact) mass is 298 g/mol. The molecule has 0 bridgehead atoms. The van der Waals surface area contributed by atoms with E-state index < -0.39 is 29.0 Å². The molecule has 2 aromatic carbocycles. The Bertz CT molecular complexity index is 677. The van der Waals surface area contributed by atoms with Gasteiger partial charge in [0, 0.05) is 11.6 Å². The molecule has 0 aromatic heterocycles. The number of rotatable bonds is 4. The molecule has 2 aromatic rings. The van der Waals surface area contributed by atoms with Crippen molar-refractivity contribution in [1.29, 1.82) is 5.41 Å². The Morgan fingerprint density at radius 3 is 2.24 bits per heavy atom. The van der Waals surface area contributed by atoms with E-state index in [0.29, 0.717) is 11.1 Å². The molecule has 0 unspecified atom stereocenters. The van der Waals surface area contributed by atoms with Crippen LogP contribution in [-0.4, -0.2) is 5.84 Å². The van der Waals surface area contributed by atoms with Gasteiger partial charge >= 0.3 is 0 Å². The first-order chi connectivity index (χ1) is 9.90. The van der Waals surface area contributed by atoms with Crippen molar-refractivity contribution in [1.82, 2.24) is 0 Å². The van der Waals surface area contributed by atoms with Gasteiger partial charge in [-0.15, -0.1) is 0 Å². The van der Waals surface area contributed by atoms with E-state index in [1.54, 1.807) is 18.2 Å². The molecule has 0 radical (unpaired) electrons. The second-order valence-electron chi connectivity index (χ2n) is 4.20. The smallest absolute Gasteiger partial charge is 0.203 e. The van der Waals surface area contributed by atoms with Crippen LogP contribution >= 0.6 is 0 Å². The van der Waals surface area contributed by atoms with Gasteiger partial charge in [-0.25, -0.2) is 8.78 Å². The Morgan fingerprint density at radius 2 is 1.67 bits per heavy atom. The van der Waals surface area contributed by atoms with Crippen molar-refractivity contribution in [2.24, 2.45) is 5.73 Å². The SMILES string of the molecule is N=C(N)c1cccc(COc2c(F)c(F)cc(F)c2F)c1. The fourth-order valence-corrected chi connectivity index (χ4v) is 1.66. The van der Waals surface area contributed by atoms with Crippen molar-refractivity contribution < 1.29 is 22.3 Å². The van der Waals surface area contributed by atoms with Crippen LogP contribution in [0.15, 0.2) is 30.3 Å². The van der Waals surface area contributed by atoms with Crippen molar-refractivity contribution in [3.8, 4) is 5.75 Å². The molecule has 0 fully saturated rings. The maximum absolute atomic E-state index is 13.4. The minimum absolute atomic E-state index is 0.105. The highest BCUT2D eigenvalue weighted by molar-refractivity contribution is 5.95. The summed E-state index contributed by atoms with van der Waals surface area (Å²) in [6.07, 6.45) is 0. The van der Waals surface area contributed by atoms with Gasteiger partial charge in [-0.1, -0.05) is 18.2 Å². The van der Waals surface area contributed by atoms with Crippen molar-refractivity contribution in [3.05, 3.63) is 64.7 Å². The highest BCUT2D eigenvalue weighted by Crippen LogP contribution is 2.27. The van der Waals surface area contributed by atoms with Crippen LogP contribution < -0.4 is 10.5 Å². The lowest BCUT2D eigenvalue weighted by molar-refractivity contribution is 0.261. The molecule has 21 heavy (non-hydrogen) atoms. The second kappa shape index (κ2) is 5.82. The summed E-state index contributed by atoms with van der Waals surface area (Å²) in [7, 11) is 0. The largest absolute Gasteiger partial charge is 0.483 e. The zero-order chi connectivity index (χ0) is 15.6. The van der Waals surface area contributed by atoms with Gasteiger partial charge in [0.05, 0.1) is 0 Å². The van der Waals surface area contributed by atoms with Crippen LogP contribution in [0.5, 0.6) is 5.75 Å². The number of nitrogen functional groups attached to an aromatic ring is 1. The lowest BCUT2D eigenvalue weighted by Crippen LogP contribution is -2.11. The highest BCUT2D eigenvalue weighted by atomic mass is 19.2. The van der Waals surface area contributed by atoms with Crippen molar-refractivity contribution in [2.75, 3.05) is 0 Å². The first-order valence-electron chi connectivity index (χ1n) is 5.79. The third-order valence-corrected chi connectivity index (χ3v) is 2.69. The maximum Gasteiger partial charge on any atom is 0.203 e. The molecule has 0 saturated carbocycles. The Labute approximate surface area is 117 Å². The van der Waals surface area contributed by atoms with Gasteiger partial charge in [0.2, 0.25) is 11.6 Å². The summed E-state index contributed by atoms with van der Waals surface area (Å²) in [4.78, 5) is 0. The van der Waals surface area contributed by atoms with Gasteiger partial charge in [-0.2, -0.15) is 8.78 Å². The molecule has 0 atom stereocenters. The van der Waals surface area contributed by atoms with E-state index in [2.05, 4.69) is 0 Å². The van der Waals surface area contributed by atoms with Crippen LogP contribution in [0.25, 0.3) is 0 Å². The Balaban J connectivity index is 2.25. The molecular formula is C14H10F4N2O. The molecule has 0 spiro atoms. The van der Waals surface area contributed by atoms with Crippen LogP contribution in [0.2, 0.25) is 0 Å².